The molecule has 0 spiro atoms. The van der Waals surface area contributed by atoms with Crippen LogP contribution >= 0.6 is 22.7 Å². The number of benzene rings is 4. The molecule has 3 aromatic heterocycles. The molecule has 7 aromatic rings. The molecule has 45 heavy (non-hydrogen) atoms. The highest BCUT2D eigenvalue weighted by molar-refractivity contribution is 7.19. The lowest BCUT2D eigenvalue weighted by Gasteiger charge is -2.15. The van der Waals surface area contributed by atoms with Crippen molar-refractivity contribution < 1.29 is 9.52 Å². The van der Waals surface area contributed by atoms with Crippen LogP contribution in [0.15, 0.2) is 124 Å². The fraction of sp³-hybridized carbons (Fsp3) is 0.0541. The van der Waals surface area contributed by atoms with E-state index in [4.69, 9.17) is 9.40 Å². The van der Waals surface area contributed by atoms with Gasteiger partial charge in [-0.25, -0.2) is 9.78 Å². The van der Waals surface area contributed by atoms with Gasteiger partial charge in [-0.15, -0.1) is 11.3 Å². The summed E-state index contributed by atoms with van der Waals surface area (Å²) < 4.78 is 5.69. The van der Waals surface area contributed by atoms with Gasteiger partial charge in [-0.2, -0.15) is 5.10 Å². The number of hydrazone groups is 1. The Kier molecular flexibility index (Phi) is 7.59. The molecule has 2 N–H and O–H groups in total. The molecule has 7 rings (SSSR count). The van der Waals surface area contributed by atoms with Gasteiger partial charge in [0, 0.05) is 31.8 Å². The first-order valence-electron chi connectivity index (χ1n) is 14.3. The summed E-state index contributed by atoms with van der Waals surface area (Å²) in [5.74, 6) is 0.109. The Balaban J connectivity index is 1.32. The maximum absolute atomic E-state index is 13.2. The number of aryl methyl sites for hydroxylation is 2. The Morgan fingerprint density at radius 3 is 2.24 bits per heavy atom. The first kappa shape index (κ1) is 28.5. The average Bonchev–Trinajstić information content (AvgIpc) is 3.63. The van der Waals surface area contributed by atoms with Crippen LogP contribution in [0.5, 0.6) is 5.75 Å². The third-order valence-electron chi connectivity index (χ3n) is 7.53. The van der Waals surface area contributed by atoms with Crippen molar-refractivity contribution in [2.75, 3.05) is 5.43 Å². The summed E-state index contributed by atoms with van der Waals surface area (Å²) >= 11 is 3.02. The zero-order valence-electron chi connectivity index (χ0n) is 24.4. The van der Waals surface area contributed by atoms with E-state index in [9.17, 15) is 9.90 Å². The molecule has 8 heteroatoms. The van der Waals surface area contributed by atoms with E-state index in [1.165, 1.54) is 11.3 Å². The minimum atomic E-state index is -0.423. The van der Waals surface area contributed by atoms with Crippen LogP contribution in [0.1, 0.15) is 15.3 Å². The predicted octanol–water partition coefficient (Wildman–Crippen LogP) is 9.75. The second-order valence-electron chi connectivity index (χ2n) is 10.5. The van der Waals surface area contributed by atoms with Gasteiger partial charge in [-0.3, -0.25) is 5.43 Å². The summed E-state index contributed by atoms with van der Waals surface area (Å²) in [6.07, 6.45) is 1.62. The van der Waals surface area contributed by atoms with E-state index in [1.54, 1.807) is 29.7 Å². The molecule has 0 bridgehead atoms. The van der Waals surface area contributed by atoms with E-state index in [0.29, 0.717) is 32.4 Å². The Hall–Kier alpha value is -5.31. The van der Waals surface area contributed by atoms with E-state index in [-0.39, 0.29) is 5.75 Å². The maximum atomic E-state index is 13.2. The number of para-hydroxylation sites is 1. The van der Waals surface area contributed by atoms with Crippen LogP contribution in [0.3, 0.4) is 0 Å². The lowest BCUT2D eigenvalue weighted by atomic mass is 9.90. The molecule has 0 atom stereocenters. The highest BCUT2D eigenvalue weighted by Gasteiger charge is 2.22. The third-order valence-corrected chi connectivity index (χ3v) is 9.49. The number of hydrogen-bond donors (Lipinski definition) is 2. The van der Waals surface area contributed by atoms with E-state index < -0.39 is 5.63 Å². The number of aromatic nitrogens is 1. The van der Waals surface area contributed by atoms with Crippen molar-refractivity contribution in [2.24, 2.45) is 5.10 Å². The van der Waals surface area contributed by atoms with Gasteiger partial charge in [0.15, 0.2) is 0 Å². The van der Waals surface area contributed by atoms with Gasteiger partial charge >= 0.3 is 5.63 Å². The second-order valence-corrected chi connectivity index (χ2v) is 13.0. The summed E-state index contributed by atoms with van der Waals surface area (Å²) in [6.45, 7) is 4.11. The number of nitrogens with one attached hydrogen (secondary N) is 1. The molecule has 6 nitrogen and oxygen atoms in total. The molecular weight excluding hydrogens is 599 g/mol. The van der Waals surface area contributed by atoms with Crippen molar-refractivity contribution in [2.45, 2.75) is 13.8 Å². The summed E-state index contributed by atoms with van der Waals surface area (Å²) in [6, 6.07) is 35.1. The first-order chi connectivity index (χ1) is 22.0. The molecule has 0 aliphatic rings. The molecular formula is C37H27N3O3S2. The van der Waals surface area contributed by atoms with Gasteiger partial charge in [-0.1, -0.05) is 96.3 Å². The Morgan fingerprint density at radius 2 is 1.51 bits per heavy atom. The van der Waals surface area contributed by atoms with Gasteiger partial charge in [0.2, 0.25) is 5.13 Å². The number of aromatic hydroxyl groups is 1. The molecule has 4 aromatic carbocycles. The number of thiazole rings is 1. The molecule has 0 amide bonds. The SMILES string of the molecule is Cc1cc(-c2nc(N/N=C/c3c(O)ccc(-c4ccccc4)c3-c3ccccc3)sc2-c2cc3ccccc3oc2=O)c(C)s1. The summed E-state index contributed by atoms with van der Waals surface area (Å²) in [5, 5.41) is 16.9. The topological polar surface area (TPSA) is 87.7 Å². The quantitative estimate of drug-likeness (QED) is 0.105. The summed E-state index contributed by atoms with van der Waals surface area (Å²) in [7, 11) is 0. The summed E-state index contributed by atoms with van der Waals surface area (Å²) in [4.78, 5) is 21.1. The fourth-order valence-electron chi connectivity index (χ4n) is 5.48. The third kappa shape index (κ3) is 5.57. The number of phenolic OH excluding ortho intramolecular Hbond substituents is 1. The average molecular weight is 626 g/mol. The largest absolute Gasteiger partial charge is 0.507 e. The second kappa shape index (κ2) is 12.0. The van der Waals surface area contributed by atoms with Crippen molar-refractivity contribution in [1.82, 2.24) is 4.98 Å². The summed E-state index contributed by atoms with van der Waals surface area (Å²) in [5.41, 5.74) is 9.71. The van der Waals surface area contributed by atoms with E-state index in [2.05, 4.69) is 30.4 Å². The fourth-order valence-corrected chi connectivity index (χ4v) is 7.34. The van der Waals surface area contributed by atoms with Gasteiger partial charge in [0.25, 0.3) is 0 Å². The zero-order chi connectivity index (χ0) is 30.9. The maximum Gasteiger partial charge on any atom is 0.345 e. The predicted molar refractivity (Wildman–Crippen MR) is 187 cm³/mol. The number of anilines is 1. The van der Waals surface area contributed by atoms with Crippen LogP contribution in [0, 0.1) is 13.8 Å². The lowest BCUT2D eigenvalue weighted by molar-refractivity contribution is 0.475. The van der Waals surface area contributed by atoms with Crippen molar-refractivity contribution >= 4 is 45.0 Å². The minimum Gasteiger partial charge on any atom is -0.507 e. The number of thiophene rings is 1. The van der Waals surface area contributed by atoms with Gasteiger partial charge in [-0.05, 0) is 54.8 Å². The molecule has 0 saturated heterocycles. The normalized spacial score (nSPS) is 11.4. The van der Waals surface area contributed by atoms with Crippen molar-refractivity contribution in [1.29, 1.82) is 0 Å². The molecule has 0 radical (unpaired) electrons. The van der Waals surface area contributed by atoms with Crippen LogP contribution in [0.4, 0.5) is 5.13 Å². The Bertz CT molecular complexity index is 2250. The molecule has 0 unspecified atom stereocenters. The van der Waals surface area contributed by atoms with Crippen molar-refractivity contribution in [3.8, 4) is 49.7 Å². The van der Waals surface area contributed by atoms with Crippen LogP contribution in [-0.2, 0) is 0 Å². The Labute approximate surface area is 267 Å². The van der Waals surface area contributed by atoms with Crippen LogP contribution in [-0.4, -0.2) is 16.3 Å². The number of hydrogen-bond acceptors (Lipinski definition) is 8. The van der Waals surface area contributed by atoms with Crippen molar-refractivity contribution in [3.63, 3.8) is 0 Å². The Morgan fingerprint density at radius 1 is 0.800 bits per heavy atom. The van der Waals surface area contributed by atoms with Crippen molar-refractivity contribution in [3.05, 3.63) is 135 Å². The standard InChI is InChI=1S/C37H27N3O3S2/c1-22-19-28(23(2)44-22)34-35(29-20-26-15-9-10-16-32(26)43-36(29)42)45-37(39-34)40-38-21-30-31(41)18-17-27(24-11-5-3-6-12-24)33(30)25-13-7-4-8-14-25/h3-21,41H,1-2H3,(H,39,40)/b38-21+. The number of rotatable bonds is 7. The monoisotopic (exact) mass is 625 g/mol. The van der Waals surface area contributed by atoms with Gasteiger partial charge < -0.3 is 9.52 Å². The number of phenols is 1. The molecule has 0 aliphatic carbocycles. The minimum absolute atomic E-state index is 0.109. The lowest BCUT2D eigenvalue weighted by Crippen LogP contribution is -2.02. The number of nitrogens with zero attached hydrogens (tertiary/aromatic N) is 2. The molecule has 220 valence electrons. The van der Waals surface area contributed by atoms with Gasteiger partial charge in [0.1, 0.15) is 11.3 Å². The van der Waals surface area contributed by atoms with Crippen LogP contribution in [0.2, 0.25) is 0 Å². The van der Waals surface area contributed by atoms with Gasteiger partial charge in [0.05, 0.1) is 22.3 Å². The number of fused-ring (bicyclic) bond motifs is 1. The van der Waals surface area contributed by atoms with Crippen LogP contribution < -0.4 is 11.1 Å². The highest BCUT2D eigenvalue weighted by atomic mass is 32.1. The first-order valence-corrected chi connectivity index (χ1v) is 16.0. The highest BCUT2D eigenvalue weighted by Crippen LogP contribution is 2.42. The zero-order valence-corrected chi connectivity index (χ0v) is 26.1. The smallest absolute Gasteiger partial charge is 0.345 e. The van der Waals surface area contributed by atoms with E-state index in [0.717, 1.165) is 43.0 Å². The van der Waals surface area contributed by atoms with E-state index >= 15 is 0 Å². The molecule has 0 aliphatic heterocycles. The van der Waals surface area contributed by atoms with E-state index in [1.807, 2.05) is 91.0 Å². The molecule has 0 saturated carbocycles. The molecule has 0 fully saturated rings. The van der Waals surface area contributed by atoms with Crippen LogP contribution in [0.25, 0.3) is 54.9 Å². The molecule has 3 heterocycles.